The van der Waals surface area contributed by atoms with Crippen LogP contribution in [0.4, 0.5) is 0 Å². The molecule has 0 saturated heterocycles. The van der Waals surface area contributed by atoms with Gasteiger partial charge in [0.15, 0.2) is 0 Å². The van der Waals surface area contributed by atoms with Crippen LogP contribution in [0.15, 0.2) is 53.4 Å². The second kappa shape index (κ2) is 6.62. The zero-order chi connectivity index (χ0) is 14.5. The van der Waals surface area contributed by atoms with E-state index in [9.17, 15) is 4.79 Å². The van der Waals surface area contributed by atoms with E-state index in [1.165, 1.54) is 24.4 Å². The second-order valence-electron chi connectivity index (χ2n) is 4.75. The molecule has 2 aromatic carbocycles. The fourth-order valence-corrected chi connectivity index (χ4v) is 2.99. The van der Waals surface area contributed by atoms with Gasteiger partial charge in [0.25, 0.3) is 0 Å². The summed E-state index contributed by atoms with van der Waals surface area (Å²) in [4.78, 5) is 13.1. The molecule has 2 nitrogen and oxygen atoms in total. The minimum Gasteiger partial charge on any atom is -0.468 e. The number of methoxy groups -OCH3 is 1. The van der Waals surface area contributed by atoms with Crippen LogP contribution >= 0.6 is 11.8 Å². The number of benzene rings is 2. The maximum atomic E-state index is 12.1. The van der Waals surface area contributed by atoms with E-state index in [0.29, 0.717) is 0 Å². The van der Waals surface area contributed by atoms with Crippen molar-refractivity contribution >= 4 is 17.7 Å². The maximum absolute atomic E-state index is 12.1. The number of hydrogen-bond acceptors (Lipinski definition) is 3. The van der Waals surface area contributed by atoms with Crippen LogP contribution in [-0.2, 0) is 9.53 Å². The Bertz CT molecular complexity index is 590. The molecule has 1 atom stereocenters. The lowest BCUT2D eigenvalue weighted by Crippen LogP contribution is -2.11. The summed E-state index contributed by atoms with van der Waals surface area (Å²) in [6.45, 7) is 4.07. The van der Waals surface area contributed by atoms with Crippen molar-refractivity contribution in [3.63, 3.8) is 0 Å². The molecule has 0 aliphatic carbocycles. The molecule has 2 aromatic rings. The van der Waals surface area contributed by atoms with Crippen LogP contribution < -0.4 is 0 Å². The van der Waals surface area contributed by atoms with Crippen LogP contribution in [0.3, 0.4) is 0 Å². The summed E-state index contributed by atoms with van der Waals surface area (Å²) in [5.74, 6) is -0.221. The fourth-order valence-electron chi connectivity index (χ4n) is 1.95. The van der Waals surface area contributed by atoms with Crippen molar-refractivity contribution in [2.45, 2.75) is 24.0 Å². The smallest absolute Gasteiger partial charge is 0.323 e. The molecular formula is C17H18O2S. The number of hydrogen-bond donors (Lipinski definition) is 0. The molecule has 3 heteroatoms. The van der Waals surface area contributed by atoms with E-state index < -0.39 is 0 Å². The van der Waals surface area contributed by atoms with E-state index in [-0.39, 0.29) is 11.2 Å². The Labute approximate surface area is 124 Å². The van der Waals surface area contributed by atoms with Gasteiger partial charge in [-0.3, -0.25) is 4.79 Å². The molecule has 20 heavy (non-hydrogen) atoms. The quantitative estimate of drug-likeness (QED) is 0.619. The molecule has 0 amide bonds. The summed E-state index contributed by atoms with van der Waals surface area (Å²) in [5, 5.41) is -0.331. The van der Waals surface area contributed by atoms with E-state index >= 15 is 0 Å². The monoisotopic (exact) mass is 286 g/mol. The Kier molecular flexibility index (Phi) is 4.85. The Morgan fingerprint density at radius 1 is 1.05 bits per heavy atom. The van der Waals surface area contributed by atoms with Gasteiger partial charge in [0.1, 0.15) is 5.25 Å². The van der Waals surface area contributed by atoms with Crippen LogP contribution in [0.1, 0.15) is 21.9 Å². The van der Waals surface area contributed by atoms with E-state index in [2.05, 4.69) is 0 Å². The minimum atomic E-state index is -0.331. The van der Waals surface area contributed by atoms with Crippen LogP contribution in [-0.4, -0.2) is 13.1 Å². The van der Waals surface area contributed by atoms with E-state index in [1.54, 1.807) is 0 Å². The summed E-state index contributed by atoms with van der Waals surface area (Å²) < 4.78 is 4.94. The average molecular weight is 286 g/mol. The van der Waals surface area contributed by atoms with Crippen molar-refractivity contribution in [2.75, 3.05) is 7.11 Å². The number of aryl methyl sites for hydroxylation is 2. The molecule has 0 fully saturated rings. The van der Waals surface area contributed by atoms with Crippen molar-refractivity contribution < 1.29 is 9.53 Å². The number of thioether (sulfide) groups is 1. The molecule has 0 saturated carbocycles. The van der Waals surface area contributed by atoms with Gasteiger partial charge in [-0.1, -0.05) is 47.5 Å². The lowest BCUT2D eigenvalue weighted by Gasteiger charge is -2.15. The van der Waals surface area contributed by atoms with Gasteiger partial charge in [0, 0.05) is 4.90 Å². The largest absolute Gasteiger partial charge is 0.468 e. The number of ether oxygens (including phenoxy) is 1. The van der Waals surface area contributed by atoms with Crippen molar-refractivity contribution in [1.29, 1.82) is 0 Å². The summed E-state index contributed by atoms with van der Waals surface area (Å²) in [6.07, 6.45) is 0. The maximum Gasteiger partial charge on any atom is 0.323 e. The van der Waals surface area contributed by atoms with Gasteiger partial charge >= 0.3 is 5.97 Å². The highest BCUT2D eigenvalue weighted by atomic mass is 32.2. The van der Waals surface area contributed by atoms with Gasteiger partial charge in [0.05, 0.1) is 7.11 Å². The summed E-state index contributed by atoms with van der Waals surface area (Å²) >= 11 is 1.52. The third-order valence-corrected chi connectivity index (χ3v) is 4.28. The highest BCUT2D eigenvalue weighted by Crippen LogP contribution is 2.36. The molecule has 0 heterocycles. The average Bonchev–Trinajstić information content (AvgIpc) is 2.46. The summed E-state index contributed by atoms with van der Waals surface area (Å²) in [5.41, 5.74) is 3.32. The molecule has 2 rings (SSSR count). The lowest BCUT2D eigenvalue weighted by atomic mass is 10.1. The molecule has 0 radical (unpaired) electrons. The van der Waals surface area contributed by atoms with Crippen LogP contribution in [0.5, 0.6) is 0 Å². The van der Waals surface area contributed by atoms with Crippen molar-refractivity contribution in [2.24, 2.45) is 0 Å². The molecule has 0 N–H and O–H groups in total. The normalized spacial score (nSPS) is 11.9. The predicted octanol–water partition coefficient (Wildman–Crippen LogP) is 4.31. The zero-order valence-corrected chi connectivity index (χ0v) is 12.7. The third-order valence-electron chi connectivity index (χ3n) is 3.04. The first-order valence-corrected chi connectivity index (χ1v) is 7.36. The first-order valence-electron chi connectivity index (χ1n) is 6.48. The summed E-state index contributed by atoms with van der Waals surface area (Å²) in [6, 6.07) is 16.2. The van der Waals surface area contributed by atoms with Crippen molar-refractivity contribution in [3.8, 4) is 0 Å². The molecule has 104 valence electrons. The van der Waals surface area contributed by atoms with E-state index in [0.717, 1.165) is 16.0 Å². The van der Waals surface area contributed by atoms with E-state index in [4.69, 9.17) is 4.74 Å². The zero-order valence-electron chi connectivity index (χ0n) is 11.9. The van der Waals surface area contributed by atoms with Gasteiger partial charge in [0.2, 0.25) is 0 Å². The second-order valence-corrected chi connectivity index (χ2v) is 5.93. The molecular weight excluding hydrogens is 268 g/mol. The highest BCUT2D eigenvalue weighted by Gasteiger charge is 2.22. The van der Waals surface area contributed by atoms with Gasteiger partial charge in [-0.2, -0.15) is 0 Å². The Morgan fingerprint density at radius 2 is 1.75 bits per heavy atom. The third kappa shape index (κ3) is 3.64. The highest BCUT2D eigenvalue weighted by molar-refractivity contribution is 8.00. The fraction of sp³-hybridized carbons (Fsp3) is 0.235. The molecule has 0 bridgehead atoms. The Morgan fingerprint density at radius 3 is 2.35 bits per heavy atom. The Balaban J connectivity index is 2.28. The Hall–Kier alpha value is -1.74. The number of carbonyl (C=O) groups excluding carboxylic acids is 1. The first-order chi connectivity index (χ1) is 9.60. The van der Waals surface area contributed by atoms with Crippen molar-refractivity contribution in [3.05, 3.63) is 65.2 Å². The van der Waals surface area contributed by atoms with Gasteiger partial charge in [-0.05, 0) is 31.5 Å². The van der Waals surface area contributed by atoms with E-state index in [1.807, 2.05) is 62.4 Å². The van der Waals surface area contributed by atoms with Crippen LogP contribution in [0.25, 0.3) is 0 Å². The standard InChI is InChI=1S/C17H18O2S/c1-12-7-9-15(10-8-12)20-16(17(18)19-3)14-6-4-5-13(2)11-14/h4-11,16H,1-3H3. The molecule has 1 unspecified atom stereocenters. The number of rotatable bonds is 4. The van der Waals surface area contributed by atoms with Crippen molar-refractivity contribution in [1.82, 2.24) is 0 Å². The predicted molar refractivity (Wildman–Crippen MR) is 83.0 cm³/mol. The van der Waals surface area contributed by atoms with Crippen LogP contribution in [0.2, 0.25) is 0 Å². The SMILES string of the molecule is COC(=O)C(Sc1ccc(C)cc1)c1cccc(C)c1. The molecule has 0 aromatic heterocycles. The van der Waals surface area contributed by atoms with Crippen LogP contribution in [0, 0.1) is 13.8 Å². The summed E-state index contributed by atoms with van der Waals surface area (Å²) in [7, 11) is 1.43. The van der Waals surface area contributed by atoms with Gasteiger partial charge in [-0.25, -0.2) is 0 Å². The number of carbonyl (C=O) groups is 1. The minimum absolute atomic E-state index is 0.221. The molecule has 0 aliphatic rings. The topological polar surface area (TPSA) is 26.3 Å². The lowest BCUT2D eigenvalue weighted by molar-refractivity contribution is -0.140. The van der Waals surface area contributed by atoms with Gasteiger partial charge < -0.3 is 4.74 Å². The molecule has 0 aliphatic heterocycles. The first kappa shape index (κ1) is 14.7. The number of esters is 1. The molecule has 0 spiro atoms. The van der Waals surface area contributed by atoms with Gasteiger partial charge in [-0.15, -0.1) is 11.8 Å².